The number of nitrogens with zero attached hydrogens (tertiary/aromatic N) is 1. The summed E-state index contributed by atoms with van der Waals surface area (Å²) in [5.74, 6) is 0. The van der Waals surface area contributed by atoms with E-state index in [-0.39, 0.29) is 4.90 Å². The molecule has 8 heteroatoms. The Hall–Kier alpha value is -2.19. The highest BCUT2D eigenvalue weighted by atomic mass is 35.5. The van der Waals surface area contributed by atoms with Crippen LogP contribution in [-0.2, 0) is 14.8 Å². The standard InChI is InChI=1S/C19H17ClN2O4S/c20-14-3-1-2-13(10-14)19-17(12-23)16-11-15(4-5-18(16)21-19)27(24,25)22-6-8-26-9-7-22/h1-5,10-12,21H,6-9H2. The van der Waals surface area contributed by atoms with E-state index in [0.29, 0.717) is 53.5 Å². The van der Waals surface area contributed by atoms with Gasteiger partial charge in [-0.2, -0.15) is 4.31 Å². The highest BCUT2D eigenvalue weighted by molar-refractivity contribution is 7.89. The third-order valence-electron chi connectivity index (χ3n) is 4.65. The summed E-state index contributed by atoms with van der Waals surface area (Å²) < 4.78 is 32.4. The number of halogens is 1. The predicted octanol–water partition coefficient (Wildman–Crippen LogP) is 3.32. The van der Waals surface area contributed by atoms with Crippen molar-refractivity contribution in [1.29, 1.82) is 0 Å². The minimum Gasteiger partial charge on any atom is -0.379 e. The molecule has 0 bridgehead atoms. The van der Waals surface area contributed by atoms with Crippen LogP contribution >= 0.6 is 11.6 Å². The Balaban J connectivity index is 1.84. The van der Waals surface area contributed by atoms with Crippen LogP contribution in [0.25, 0.3) is 22.2 Å². The normalized spacial score (nSPS) is 15.9. The molecule has 1 aliphatic rings. The maximum Gasteiger partial charge on any atom is 0.243 e. The number of aldehydes is 1. The summed E-state index contributed by atoms with van der Waals surface area (Å²) in [7, 11) is -3.64. The molecule has 1 aromatic heterocycles. The molecule has 2 heterocycles. The van der Waals surface area contributed by atoms with Gasteiger partial charge < -0.3 is 9.72 Å². The summed E-state index contributed by atoms with van der Waals surface area (Å²) in [5, 5.41) is 1.12. The molecule has 4 rings (SSSR count). The smallest absolute Gasteiger partial charge is 0.243 e. The van der Waals surface area contributed by atoms with Gasteiger partial charge in [0.05, 0.1) is 23.8 Å². The second-order valence-corrected chi connectivity index (χ2v) is 8.64. The highest BCUT2D eigenvalue weighted by Crippen LogP contribution is 2.32. The Kier molecular flexibility index (Phi) is 4.77. The van der Waals surface area contributed by atoms with E-state index in [1.165, 1.54) is 4.31 Å². The molecule has 27 heavy (non-hydrogen) atoms. The number of H-pyrrole nitrogens is 1. The monoisotopic (exact) mass is 404 g/mol. The number of hydrogen-bond donors (Lipinski definition) is 1. The number of fused-ring (bicyclic) bond motifs is 1. The van der Waals surface area contributed by atoms with Gasteiger partial charge in [-0.1, -0.05) is 23.7 Å². The lowest BCUT2D eigenvalue weighted by molar-refractivity contribution is 0.0730. The molecule has 2 aromatic carbocycles. The first-order chi connectivity index (χ1) is 13.0. The van der Waals surface area contributed by atoms with E-state index in [9.17, 15) is 13.2 Å². The number of aromatic amines is 1. The minimum absolute atomic E-state index is 0.164. The van der Waals surface area contributed by atoms with Gasteiger partial charge in [0, 0.05) is 40.1 Å². The third-order valence-corrected chi connectivity index (χ3v) is 6.78. The average Bonchev–Trinajstić information content (AvgIpc) is 3.06. The van der Waals surface area contributed by atoms with E-state index >= 15 is 0 Å². The Bertz CT molecular complexity index is 1120. The molecular weight excluding hydrogens is 388 g/mol. The number of aromatic nitrogens is 1. The molecule has 0 aliphatic carbocycles. The number of ether oxygens (including phenoxy) is 1. The van der Waals surface area contributed by atoms with Gasteiger partial charge in [-0.05, 0) is 30.3 Å². The van der Waals surface area contributed by atoms with Gasteiger partial charge in [0.1, 0.15) is 0 Å². The zero-order valence-corrected chi connectivity index (χ0v) is 15.9. The zero-order valence-electron chi connectivity index (χ0n) is 14.3. The van der Waals surface area contributed by atoms with E-state index in [2.05, 4.69) is 4.98 Å². The zero-order chi connectivity index (χ0) is 19.0. The van der Waals surface area contributed by atoms with Gasteiger partial charge in [-0.3, -0.25) is 4.79 Å². The number of morpholine rings is 1. The van der Waals surface area contributed by atoms with Crippen molar-refractivity contribution in [2.45, 2.75) is 4.90 Å². The first-order valence-corrected chi connectivity index (χ1v) is 10.3. The van der Waals surface area contributed by atoms with E-state index < -0.39 is 10.0 Å². The van der Waals surface area contributed by atoms with Crippen LogP contribution in [0.15, 0.2) is 47.4 Å². The Morgan fingerprint density at radius 2 is 1.89 bits per heavy atom. The third kappa shape index (κ3) is 3.27. The number of nitrogens with one attached hydrogen (secondary N) is 1. The van der Waals surface area contributed by atoms with Gasteiger partial charge in [0.15, 0.2) is 6.29 Å². The fraction of sp³-hybridized carbons (Fsp3) is 0.211. The summed E-state index contributed by atoms with van der Waals surface area (Å²) in [6.07, 6.45) is 0.736. The molecule has 140 valence electrons. The Morgan fingerprint density at radius 3 is 2.59 bits per heavy atom. The van der Waals surface area contributed by atoms with Gasteiger partial charge in [0.25, 0.3) is 0 Å². The van der Waals surface area contributed by atoms with Crippen LogP contribution in [0, 0.1) is 0 Å². The van der Waals surface area contributed by atoms with Crippen LogP contribution in [0.2, 0.25) is 5.02 Å². The number of hydrogen-bond acceptors (Lipinski definition) is 4. The number of carbonyl (C=O) groups is 1. The van der Waals surface area contributed by atoms with Crippen molar-refractivity contribution in [1.82, 2.24) is 9.29 Å². The summed E-state index contributed by atoms with van der Waals surface area (Å²) in [5.41, 5.74) is 2.47. The lowest BCUT2D eigenvalue weighted by Crippen LogP contribution is -2.40. The highest BCUT2D eigenvalue weighted by Gasteiger charge is 2.27. The summed E-state index contributed by atoms with van der Waals surface area (Å²) in [6, 6.07) is 11.9. The number of rotatable bonds is 4. The van der Waals surface area contributed by atoms with Crippen LogP contribution in [0.4, 0.5) is 0 Å². The fourth-order valence-electron chi connectivity index (χ4n) is 3.28. The minimum atomic E-state index is -3.64. The second-order valence-electron chi connectivity index (χ2n) is 6.27. The molecular formula is C19H17ClN2O4S. The first kappa shape index (κ1) is 18.2. The largest absolute Gasteiger partial charge is 0.379 e. The van der Waals surface area contributed by atoms with Gasteiger partial charge in [-0.15, -0.1) is 0 Å². The van der Waals surface area contributed by atoms with E-state index in [0.717, 1.165) is 11.8 Å². The molecule has 6 nitrogen and oxygen atoms in total. The molecule has 0 spiro atoms. The maximum absolute atomic E-state index is 12.9. The number of carbonyl (C=O) groups excluding carboxylic acids is 1. The fourth-order valence-corrected chi connectivity index (χ4v) is 4.91. The first-order valence-electron chi connectivity index (χ1n) is 8.45. The van der Waals surface area contributed by atoms with Crippen LogP contribution in [-0.4, -0.2) is 50.3 Å². The van der Waals surface area contributed by atoms with E-state index in [1.807, 2.05) is 6.07 Å². The summed E-state index contributed by atoms with van der Waals surface area (Å²) in [6.45, 7) is 1.40. The molecule has 1 aliphatic heterocycles. The molecule has 1 fully saturated rings. The number of benzene rings is 2. The molecule has 0 atom stereocenters. The summed E-state index contributed by atoms with van der Waals surface area (Å²) in [4.78, 5) is 15.2. The Morgan fingerprint density at radius 1 is 1.11 bits per heavy atom. The van der Waals surface area contributed by atoms with Crippen molar-refractivity contribution in [3.05, 3.63) is 53.1 Å². The van der Waals surface area contributed by atoms with Crippen molar-refractivity contribution in [2.75, 3.05) is 26.3 Å². The quantitative estimate of drug-likeness (QED) is 0.676. The Labute approximate surface area is 161 Å². The van der Waals surface area contributed by atoms with Crippen LogP contribution in [0.1, 0.15) is 10.4 Å². The SMILES string of the molecule is O=Cc1c(-c2cccc(Cl)c2)[nH]c2ccc(S(=O)(=O)N3CCOCC3)cc12. The molecule has 0 amide bonds. The van der Waals surface area contributed by atoms with Crippen LogP contribution in [0.5, 0.6) is 0 Å². The van der Waals surface area contributed by atoms with Gasteiger partial charge in [0.2, 0.25) is 10.0 Å². The van der Waals surface area contributed by atoms with Crippen molar-refractivity contribution in [3.63, 3.8) is 0 Å². The molecule has 0 unspecified atom stereocenters. The lowest BCUT2D eigenvalue weighted by Gasteiger charge is -2.26. The maximum atomic E-state index is 12.9. The van der Waals surface area contributed by atoms with E-state index in [1.54, 1.807) is 36.4 Å². The summed E-state index contributed by atoms with van der Waals surface area (Å²) >= 11 is 6.06. The molecule has 0 saturated carbocycles. The lowest BCUT2D eigenvalue weighted by atomic mass is 10.1. The predicted molar refractivity (Wildman–Crippen MR) is 104 cm³/mol. The molecule has 0 radical (unpaired) electrons. The molecule has 1 N–H and O–H groups in total. The molecule has 3 aromatic rings. The van der Waals surface area contributed by atoms with Crippen molar-refractivity contribution >= 4 is 38.8 Å². The van der Waals surface area contributed by atoms with Crippen molar-refractivity contribution in [2.24, 2.45) is 0 Å². The van der Waals surface area contributed by atoms with Crippen molar-refractivity contribution < 1.29 is 17.9 Å². The van der Waals surface area contributed by atoms with E-state index in [4.69, 9.17) is 16.3 Å². The van der Waals surface area contributed by atoms with Crippen LogP contribution in [0.3, 0.4) is 0 Å². The topological polar surface area (TPSA) is 79.5 Å². The van der Waals surface area contributed by atoms with Gasteiger partial charge in [-0.25, -0.2) is 8.42 Å². The van der Waals surface area contributed by atoms with Crippen molar-refractivity contribution in [3.8, 4) is 11.3 Å². The number of sulfonamides is 1. The van der Waals surface area contributed by atoms with Gasteiger partial charge >= 0.3 is 0 Å². The average molecular weight is 405 g/mol. The molecule has 1 saturated heterocycles. The van der Waals surface area contributed by atoms with Crippen LogP contribution < -0.4 is 0 Å². The second kappa shape index (κ2) is 7.09.